The van der Waals surface area contributed by atoms with Gasteiger partial charge in [0.15, 0.2) is 0 Å². The van der Waals surface area contributed by atoms with Crippen molar-refractivity contribution in [2.75, 3.05) is 88.5 Å². The van der Waals surface area contributed by atoms with Gasteiger partial charge in [0, 0.05) is 82.2 Å². The molecule has 0 radical (unpaired) electrons. The number of rotatable bonds is 11. The maximum atomic E-state index is 13.4. The summed E-state index contributed by atoms with van der Waals surface area (Å²) in [7, 11) is -1.07. The second kappa shape index (κ2) is 15.0. The van der Waals surface area contributed by atoms with Crippen molar-refractivity contribution < 1.29 is 13.7 Å². The number of anilines is 5. The van der Waals surface area contributed by atoms with Gasteiger partial charge in [0.25, 0.3) is 0 Å². The van der Waals surface area contributed by atoms with Gasteiger partial charge < -0.3 is 24.8 Å². The summed E-state index contributed by atoms with van der Waals surface area (Å²) in [6.45, 7) is 11.8. The summed E-state index contributed by atoms with van der Waals surface area (Å²) in [4.78, 5) is 25.5. The molecule has 4 heterocycles. The largest absolute Gasteiger partial charge is 0.494 e. The maximum absolute atomic E-state index is 13.4. The Labute approximate surface area is 290 Å². The van der Waals surface area contributed by atoms with Gasteiger partial charge in [0.05, 0.1) is 33.8 Å². The molecule has 0 aliphatic carbocycles. The van der Waals surface area contributed by atoms with Crippen LogP contribution in [0.15, 0.2) is 47.3 Å². The molecule has 0 amide bonds. The number of ether oxygens (including phenoxy) is 1. The SMILES string of the molecule is CCc1cc(Nc2ncc(Br)c(Nc3ccc4nccnc4c3P(C)(C)=O)n2)c(OC)cc1N1CCC(N2CCN(CCF)CC2)CC1. The Balaban J connectivity index is 1.19. The molecule has 2 saturated heterocycles. The molecule has 48 heavy (non-hydrogen) atoms. The van der Waals surface area contributed by atoms with Crippen molar-refractivity contribution in [2.45, 2.75) is 32.2 Å². The van der Waals surface area contributed by atoms with Crippen LogP contribution in [0.3, 0.4) is 0 Å². The molecule has 4 aromatic rings. The predicted molar refractivity (Wildman–Crippen MR) is 197 cm³/mol. The topological polar surface area (TPSA) is 112 Å². The number of hydrogen-bond donors (Lipinski definition) is 2. The van der Waals surface area contributed by atoms with Crippen LogP contribution in [-0.2, 0) is 11.0 Å². The van der Waals surface area contributed by atoms with Crippen molar-refractivity contribution in [2.24, 2.45) is 0 Å². The van der Waals surface area contributed by atoms with Crippen LogP contribution in [0.4, 0.5) is 33.2 Å². The standard InChI is InChI=1S/C34H44BrFN9O2P/c1-5-23-20-28(30(47-2)21-29(23)45-13-8-24(9-14-45)44-18-16-43(15-10-36)17-19-44)41-34-39-22-25(35)33(42-34)40-27-7-6-26-31(38-12-11-37-26)32(27)48(3,4)46/h6-7,11-12,20-22,24H,5,8-10,13-19H2,1-4H3,(H2,39,40,41,42). The minimum atomic E-state index is -2.75. The number of aryl methyl sites for hydroxylation is 1. The summed E-state index contributed by atoms with van der Waals surface area (Å²) < 4.78 is 32.7. The Morgan fingerprint density at radius 3 is 2.44 bits per heavy atom. The molecule has 0 saturated carbocycles. The Hall–Kier alpha value is -3.38. The van der Waals surface area contributed by atoms with E-state index in [9.17, 15) is 8.96 Å². The average Bonchev–Trinajstić information content (AvgIpc) is 3.09. The quantitative estimate of drug-likeness (QED) is 0.176. The van der Waals surface area contributed by atoms with Crippen molar-refractivity contribution in [3.05, 3.63) is 52.9 Å². The zero-order valence-electron chi connectivity index (χ0n) is 28.0. The first-order chi connectivity index (χ1) is 23.2. The van der Waals surface area contributed by atoms with Crippen LogP contribution in [-0.4, -0.2) is 109 Å². The van der Waals surface area contributed by atoms with Crippen molar-refractivity contribution in [3.8, 4) is 5.75 Å². The predicted octanol–water partition coefficient (Wildman–Crippen LogP) is 6.04. The van der Waals surface area contributed by atoms with Crippen molar-refractivity contribution in [1.29, 1.82) is 0 Å². The normalized spacial score (nSPS) is 16.8. The molecule has 2 fully saturated rings. The van der Waals surface area contributed by atoms with Crippen LogP contribution in [0.25, 0.3) is 11.0 Å². The first-order valence-electron chi connectivity index (χ1n) is 16.5. The molecule has 2 aromatic carbocycles. The summed E-state index contributed by atoms with van der Waals surface area (Å²) in [5.41, 5.74) is 5.13. The van der Waals surface area contributed by atoms with E-state index in [1.807, 2.05) is 12.1 Å². The minimum absolute atomic E-state index is 0.267. The van der Waals surface area contributed by atoms with Gasteiger partial charge >= 0.3 is 0 Å². The highest BCUT2D eigenvalue weighted by molar-refractivity contribution is 9.10. The third-order valence-electron chi connectivity index (χ3n) is 9.31. The van der Waals surface area contributed by atoms with Gasteiger partial charge in [0.1, 0.15) is 30.9 Å². The number of nitrogens with one attached hydrogen (secondary N) is 2. The highest BCUT2D eigenvalue weighted by Gasteiger charge is 2.29. The lowest BCUT2D eigenvalue weighted by molar-refractivity contribution is 0.0816. The fourth-order valence-electron chi connectivity index (χ4n) is 6.83. The van der Waals surface area contributed by atoms with Gasteiger partial charge in [-0.2, -0.15) is 4.98 Å². The molecular formula is C34H44BrFN9O2P. The number of piperidine rings is 1. The smallest absolute Gasteiger partial charge is 0.229 e. The molecule has 0 atom stereocenters. The molecule has 256 valence electrons. The number of fused-ring (bicyclic) bond motifs is 1. The first-order valence-corrected chi connectivity index (χ1v) is 19.9. The Morgan fingerprint density at radius 1 is 1.00 bits per heavy atom. The number of hydrogen-bond acceptors (Lipinski definition) is 11. The van der Waals surface area contributed by atoms with Crippen LogP contribution >= 0.6 is 23.1 Å². The van der Waals surface area contributed by atoms with Gasteiger partial charge in [-0.25, -0.2) is 9.37 Å². The molecule has 2 aliphatic heterocycles. The van der Waals surface area contributed by atoms with Gasteiger partial charge in [-0.3, -0.25) is 19.8 Å². The molecule has 14 heteroatoms. The number of aromatic nitrogens is 4. The molecule has 2 aliphatic rings. The molecule has 0 unspecified atom stereocenters. The van der Waals surface area contributed by atoms with E-state index in [1.165, 1.54) is 11.3 Å². The van der Waals surface area contributed by atoms with Crippen LogP contribution in [0, 0.1) is 0 Å². The number of nitrogens with zero attached hydrogens (tertiary/aromatic N) is 7. The highest BCUT2D eigenvalue weighted by atomic mass is 79.9. The molecule has 2 aromatic heterocycles. The summed E-state index contributed by atoms with van der Waals surface area (Å²) in [6.07, 6.45) is 7.99. The van der Waals surface area contributed by atoms with Crippen LogP contribution < -0.4 is 25.6 Å². The molecule has 2 N–H and O–H groups in total. The molecular weight excluding hydrogens is 696 g/mol. The summed E-state index contributed by atoms with van der Waals surface area (Å²) in [5, 5.41) is 7.37. The lowest BCUT2D eigenvalue weighted by Gasteiger charge is -2.43. The fraction of sp³-hybridized carbons (Fsp3) is 0.471. The van der Waals surface area contributed by atoms with Gasteiger partial charge in [0.2, 0.25) is 5.95 Å². The lowest BCUT2D eigenvalue weighted by atomic mass is 9.99. The third kappa shape index (κ3) is 7.59. The molecule has 0 spiro atoms. The maximum Gasteiger partial charge on any atom is 0.229 e. The van der Waals surface area contributed by atoms with Gasteiger partial charge in [-0.15, -0.1) is 0 Å². The summed E-state index contributed by atoms with van der Waals surface area (Å²) in [5.74, 6) is 1.62. The second-order valence-electron chi connectivity index (χ2n) is 12.7. The van der Waals surface area contributed by atoms with Crippen LogP contribution in [0.5, 0.6) is 5.75 Å². The Morgan fingerprint density at radius 2 is 1.75 bits per heavy atom. The van der Waals surface area contributed by atoms with E-state index in [4.69, 9.17) is 9.72 Å². The molecule has 6 rings (SSSR count). The van der Waals surface area contributed by atoms with E-state index < -0.39 is 7.14 Å². The fourth-order valence-corrected chi connectivity index (χ4v) is 8.52. The Kier molecular flexibility index (Phi) is 10.8. The van der Waals surface area contributed by atoms with Crippen molar-refractivity contribution in [3.63, 3.8) is 0 Å². The van der Waals surface area contributed by atoms with E-state index in [-0.39, 0.29) is 6.67 Å². The van der Waals surface area contributed by atoms with Crippen molar-refractivity contribution >= 4 is 68.2 Å². The van der Waals surface area contributed by atoms with Crippen molar-refractivity contribution in [1.82, 2.24) is 29.7 Å². The van der Waals surface area contributed by atoms with Gasteiger partial charge in [-0.05, 0) is 72.3 Å². The van der Waals surface area contributed by atoms with E-state index in [0.29, 0.717) is 56.6 Å². The number of alkyl halides is 1. The number of halogens is 2. The number of benzene rings is 2. The summed E-state index contributed by atoms with van der Waals surface area (Å²) in [6, 6.07) is 8.54. The van der Waals surface area contributed by atoms with E-state index in [1.54, 1.807) is 39.0 Å². The summed E-state index contributed by atoms with van der Waals surface area (Å²) >= 11 is 3.58. The molecule has 0 bridgehead atoms. The third-order valence-corrected chi connectivity index (χ3v) is 11.4. The minimum Gasteiger partial charge on any atom is -0.494 e. The zero-order chi connectivity index (χ0) is 33.8. The van der Waals surface area contributed by atoms with E-state index in [2.05, 4.69) is 75.3 Å². The first kappa shape index (κ1) is 34.5. The highest BCUT2D eigenvalue weighted by Crippen LogP contribution is 2.42. The van der Waals surface area contributed by atoms with Gasteiger partial charge in [-0.1, -0.05) is 6.92 Å². The Bertz CT molecular complexity index is 1790. The second-order valence-corrected chi connectivity index (χ2v) is 16.7. The van der Waals surface area contributed by atoms with Crippen LogP contribution in [0.2, 0.25) is 0 Å². The number of piperazine rings is 1. The monoisotopic (exact) mass is 739 g/mol. The average molecular weight is 741 g/mol. The lowest BCUT2D eigenvalue weighted by Crippen LogP contribution is -2.53. The van der Waals surface area contributed by atoms with E-state index >= 15 is 0 Å². The van der Waals surface area contributed by atoms with E-state index in [0.717, 1.165) is 64.2 Å². The molecule has 11 nitrogen and oxygen atoms in total. The number of methoxy groups -OCH3 is 1. The zero-order valence-corrected chi connectivity index (χ0v) is 30.5. The van der Waals surface area contributed by atoms with Crippen LogP contribution in [0.1, 0.15) is 25.3 Å².